The molecule has 0 saturated heterocycles. The molecule has 0 bridgehead atoms. The topological polar surface area (TPSA) is 9.23 Å². The van der Waals surface area contributed by atoms with E-state index in [4.69, 9.17) is 4.74 Å². The summed E-state index contributed by atoms with van der Waals surface area (Å²) in [6.07, 6.45) is 2.66. The predicted octanol–water partition coefficient (Wildman–Crippen LogP) is 3.44. The van der Waals surface area contributed by atoms with Gasteiger partial charge in [0.1, 0.15) is 0 Å². The minimum Gasteiger partial charge on any atom is -0.377 e. The molecule has 0 fully saturated rings. The quantitative estimate of drug-likeness (QED) is 0.694. The Morgan fingerprint density at radius 2 is 2.14 bits per heavy atom. The molecule has 1 heteroatoms. The van der Waals surface area contributed by atoms with Crippen LogP contribution in [0.2, 0.25) is 0 Å². The van der Waals surface area contributed by atoms with Crippen molar-refractivity contribution in [2.75, 3.05) is 7.11 Å². The van der Waals surface area contributed by atoms with E-state index in [-0.39, 0.29) is 0 Å². The van der Waals surface area contributed by atoms with Crippen molar-refractivity contribution in [3.05, 3.63) is 34.9 Å². The fourth-order valence-electron chi connectivity index (χ4n) is 2.19. The van der Waals surface area contributed by atoms with Gasteiger partial charge in [-0.15, -0.1) is 0 Å². The van der Waals surface area contributed by atoms with Crippen molar-refractivity contribution in [3.8, 4) is 0 Å². The van der Waals surface area contributed by atoms with Crippen LogP contribution in [0.4, 0.5) is 0 Å². The fraction of sp³-hybridized carbons (Fsp3) is 0.538. The third-order valence-electron chi connectivity index (χ3n) is 3.14. The minimum atomic E-state index is 0.337. The average Bonchev–Trinajstić information content (AvgIpc) is 2.59. The van der Waals surface area contributed by atoms with Crippen LogP contribution < -0.4 is 0 Å². The first-order valence-electron chi connectivity index (χ1n) is 5.38. The molecular formula is C13H18O. The van der Waals surface area contributed by atoms with Gasteiger partial charge in [-0.1, -0.05) is 32.0 Å². The van der Waals surface area contributed by atoms with Gasteiger partial charge in [-0.2, -0.15) is 0 Å². The molecule has 0 spiro atoms. The Morgan fingerprint density at radius 1 is 1.36 bits per heavy atom. The Balaban J connectivity index is 2.37. The van der Waals surface area contributed by atoms with Gasteiger partial charge in [-0.05, 0) is 35.4 Å². The average molecular weight is 190 g/mol. The standard InChI is InChI=1S/C13H18O/c1-9(2)11-5-4-10-6-7-13(14-3)12(10)8-11/h4-5,8-9,13H,6-7H2,1-3H3. The van der Waals surface area contributed by atoms with Crippen LogP contribution in [0.1, 0.15) is 49.0 Å². The Labute approximate surface area is 86.1 Å². The van der Waals surface area contributed by atoms with Gasteiger partial charge in [0.15, 0.2) is 0 Å². The minimum absolute atomic E-state index is 0.337. The number of fused-ring (bicyclic) bond motifs is 1. The Morgan fingerprint density at radius 3 is 2.79 bits per heavy atom. The molecule has 0 heterocycles. The van der Waals surface area contributed by atoms with E-state index in [0.29, 0.717) is 12.0 Å². The van der Waals surface area contributed by atoms with E-state index in [1.807, 2.05) is 7.11 Å². The highest BCUT2D eigenvalue weighted by Gasteiger charge is 2.22. The molecule has 0 saturated carbocycles. The van der Waals surface area contributed by atoms with Gasteiger partial charge in [0, 0.05) is 7.11 Å². The fourth-order valence-corrected chi connectivity index (χ4v) is 2.19. The first-order chi connectivity index (χ1) is 6.72. The molecule has 0 aliphatic heterocycles. The van der Waals surface area contributed by atoms with Crippen LogP contribution in [0.25, 0.3) is 0 Å². The van der Waals surface area contributed by atoms with Gasteiger partial charge in [0.25, 0.3) is 0 Å². The molecule has 2 rings (SSSR count). The molecule has 0 N–H and O–H groups in total. The summed E-state index contributed by atoms with van der Waals surface area (Å²) in [5.41, 5.74) is 4.31. The predicted molar refractivity (Wildman–Crippen MR) is 58.6 cm³/mol. The van der Waals surface area contributed by atoms with Crippen LogP contribution in [0.3, 0.4) is 0 Å². The molecule has 1 atom stereocenters. The van der Waals surface area contributed by atoms with Crippen LogP contribution in [-0.4, -0.2) is 7.11 Å². The summed E-state index contributed by atoms with van der Waals surface area (Å²) in [6, 6.07) is 6.84. The van der Waals surface area contributed by atoms with Crippen LogP contribution in [0.5, 0.6) is 0 Å². The first kappa shape index (κ1) is 9.72. The molecule has 1 aliphatic rings. The van der Waals surface area contributed by atoms with Crippen molar-refractivity contribution in [1.29, 1.82) is 0 Å². The van der Waals surface area contributed by atoms with Crippen LogP contribution in [0.15, 0.2) is 18.2 Å². The van der Waals surface area contributed by atoms with Crippen molar-refractivity contribution in [1.82, 2.24) is 0 Å². The van der Waals surface area contributed by atoms with E-state index in [1.54, 1.807) is 0 Å². The van der Waals surface area contributed by atoms with E-state index in [2.05, 4.69) is 32.0 Å². The molecule has 1 unspecified atom stereocenters. The van der Waals surface area contributed by atoms with Gasteiger partial charge in [0.2, 0.25) is 0 Å². The molecular weight excluding hydrogens is 172 g/mol. The second kappa shape index (κ2) is 3.74. The maximum absolute atomic E-state index is 5.47. The zero-order chi connectivity index (χ0) is 10.1. The van der Waals surface area contributed by atoms with Gasteiger partial charge in [-0.25, -0.2) is 0 Å². The number of rotatable bonds is 2. The van der Waals surface area contributed by atoms with E-state index in [0.717, 1.165) is 6.42 Å². The summed E-state index contributed by atoms with van der Waals surface area (Å²) < 4.78 is 5.47. The number of methoxy groups -OCH3 is 1. The zero-order valence-electron chi connectivity index (χ0n) is 9.21. The van der Waals surface area contributed by atoms with Gasteiger partial charge >= 0.3 is 0 Å². The van der Waals surface area contributed by atoms with Crippen molar-refractivity contribution < 1.29 is 4.74 Å². The summed E-state index contributed by atoms with van der Waals surface area (Å²) in [5, 5.41) is 0. The highest BCUT2D eigenvalue weighted by molar-refractivity contribution is 5.38. The largest absolute Gasteiger partial charge is 0.377 e. The lowest BCUT2D eigenvalue weighted by Gasteiger charge is -2.12. The maximum atomic E-state index is 5.47. The van der Waals surface area contributed by atoms with Crippen molar-refractivity contribution in [2.45, 2.75) is 38.7 Å². The SMILES string of the molecule is COC1CCc2ccc(C(C)C)cc21. The zero-order valence-corrected chi connectivity index (χ0v) is 9.21. The highest BCUT2D eigenvalue weighted by Crippen LogP contribution is 2.35. The van der Waals surface area contributed by atoms with Crippen LogP contribution in [0, 0.1) is 0 Å². The first-order valence-corrected chi connectivity index (χ1v) is 5.38. The molecule has 76 valence electrons. The summed E-state index contributed by atoms with van der Waals surface area (Å²) in [7, 11) is 1.81. The third-order valence-corrected chi connectivity index (χ3v) is 3.14. The highest BCUT2D eigenvalue weighted by atomic mass is 16.5. The Hall–Kier alpha value is -0.820. The molecule has 1 aromatic rings. The van der Waals surface area contributed by atoms with Crippen LogP contribution >= 0.6 is 0 Å². The normalized spacial score (nSPS) is 20.1. The number of aryl methyl sites for hydroxylation is 1. The number of hydrogen-bond acceptors (Lipinski definition) is 1. The van der Waals surface area contributed by atoms with E-state index in [1.165, 1.54) is 23.1 Å². The molecule has 14 heavy (non-hydrogen) atoms. The lowest BCUT2D eigenvalue weighted by atomic mass is 9.98. The van der Waals surface area contributed by atoms with Gasteiger partial charge in [0.05, 0.1) is 6.10 Å². The summed E-state index contributed by atoms with van der Waals surface area (Å²) in [6.45, 7) is 4.47. The lowest BCUT2D eigenvalue weighted by molar-refractivity contribution is 0.105. The summed E-state index contributed by atoms with van der Waals surface area (Å²) in [5.74, 6) is 0.610. The number of ether oxygens (including phenoxy) is 1. The lowest BCUT2D eigenvalue weighted by Crippen LogP contribution is -1.97. The Bertz CT molecular complexity index is 328. The molecule has 1 aliphatic carbocycles. The molecule has 0 amide bonds. The van der Waals surface area contributed by atoms with Crippen LogP contribution in [-0.2, 0) is 11.2 Å². The molecule has 1 nitrogen and oxygen atoms in total. The van der Waals surface area contributed by atoms with Gasteiger partial charge in [-0.3, -0.25) is 0 Å². The third kappa shape index (κ3) is 1.57. The van der Waals surface area contributed by atoms with Gasteiger partial charge < -0.3 is 4.74 Å². The van der Waals surface area contributed by atoms with E-state index in [9.17, 15) is 0 Å². The smallest absolute Gasteiger partial charge is 0.0827 e. The van der Waals surface area contributed by atoms with Crippen molar-refractivity contribution >= 4 is 0 Å². The summed E-state index contributed by atoms with van der Waals surface area (Å²) in [4.78, 5) is 0. The second-order valence-corrected chi connectivity index (χ2v) is 4.38. The number of benzene rings is 1. The molecule has 0 aromatic heterocycles. The second-order valence-electron chi connectivity index (χ2n) is 4.38. The molecule has 1 aromatic carbocycles. The molecule has 0 radical (unpaired) electrons. The Kier molecular flexibility index (Phi) is 2.60. The van der Waals surface area contributed by atoms with Crippen molar-refractivity contribution in [2.24, 2.45) is 0 Å². The van der Waals surface area contributed by atoms with Crippen molar-refractivity contribution in [3.63, 3.8) is 0 Å². The monoisotopic (exact) mass is 190 g/mol. The van der Waals surface area contributed by atoms with E-state index >= 15 is 0 Å². The maximum Gasteiger partial charge on any atom is 0.0827 e. The summed E-state index contributed by atoms with van der Waals surface area (Å²) >= 11 is 0. The number of hydrogen-bond donors (Lipinski definition) is 0. The van der Waals surface area contributed by atoms with E-state index < -0.39 is 0 Å².